The predicted molar refractivity (Wildman–Crippen MR) is 65.2 cm³/mol. The molecule has 2 atom stereocenters. The summed E-state index contributed by atoms with van der Waals surface area (Å²) in [5.41, 5.74) is 0. The van der Waals surface area contributed by atoms with Crippen LogP contribution in [-0.4, -0.2) is 40.5 Å². The third-order valence-corrected chi connectivity index (χ3v) is 3.51. The zero-order chi connectivity index (χ0) is 12.4. The van der Waals surface area contributed by atoms with Crippen molar-refractivity contribution in [3.8, 4) is 0 Å². The van der Waals surface area contributed by atoms with Crippen LogP contribution in [0.1, 0.15) is 12.7 Å². The summed E-state index contributed by atoms with van der Waals surface area (Å²) in [4.78, 5) is 18.3. The average molecular weight is 236 g/mol. The zero-order valence-electron chi connectivity index (χ0n) is 10.7. The molecule has 5 heteroatoms. The minimum absolute atomic E-state index is 0.111. The molecule has 1 aromatic heterocycles. The average Bonchev–Trinajstić information content (AvgIpc) is 2.88. The molecule has 5 nitrogen and oxygen atoms in total. The number of imidazole rings is 1. The molecule has 1 aliphatic rings. The van der Waals surface area contributed by atoms with Crippen LogP contribution < -0.4 is 5.32 Å². The van der Waals surface area contributed by atoms with Gasteiger partial charge in [0.2, 0.25) is 5.91 Å². The van der Waals surface area contributed by atoms with Crippen molar-refractivity contribution in [1.29, 1.82) is 0 Å². The van der Waals surface area contributed by atoms with Gasteiger partial charge in [0.1, 0.15) is 5.82 Å². The van der Waals surface area contributed by atoms with Crippen LogP contribution in [-0.2, 0) is 18.4 Å². The molecule has 0 aliphatic carbocycles. The highest BCUT2D eigenvalue weighted by molar-refractivity contribution is 5.79. The summed E-state index contributed by atoms with van der Waals surface area (Å²) in [6.07, 6.45) is 3.65. The molecule has 1 aromatic rings. The number of amides is 1. The van der Waals surface area contributed by atoms with Gasteiger partial charge < -0.3 is 14.8 Å². The lowest BCUT2D eigenvalue weighted by atomic mass is 9.97. The standard InChI is InChI=1S/C12H20N4O/c1-9-6-13-7-10(9)12(17)16(3)8-11-14-4-5-15(11)2/h4-5,9-10,13H,6-8H2,1-3H3. The summed E-state index contributed by atoms with van der Waals surface area (Å²) in [6, 6.07) is 0. The highest BCUT2D eigenvalue weighted by atomic mass is 16.2. The lowest BCUT2D eigenvalue weighted by Gasteiger charge is -2.22. The van der Waals surface area contributed by atoms with Gasteiger partial charge in [0.15, 0.2) is 0 Å². The van der Waals surface area contributed by atoms with E-state index < -0.39 is 0 Å². The van der Waals surface area contributed by atoms with Gasteiger partial charge in [0.25, 0.3) is 0 Å². The summed E-state index contributed by atoms with van der Waals surface area (Å²) in [5, 5.41) is 3.26. The van der Waals surface area contributed by atoms with Gasteiger partial charge in [0, 0.05) is 33.0 Å². The molecular weight excluding hydrogens is 216 g/mol. The van der Waals surface area contributed by atoms with E-state index in [1.807, 2.05) is 24.9 Å². The lowest BCUT2D eigenvalue weighted by molar-refractivity contribution is -0.135. The number of aromatic nitrogens is 2. The molecule has 1 N–H and O–H groups in total. The Balaban J connectivity index is 1.98. The summed E-state index contributed by atoms with van der Waals surface area (Å²) in [5.74, 6) is 1.66. The van der Waals surface area contributed by atoms with Gasteiger partial charge in [0.05, 0.1) is 12.5 Å². The first-order chi connectivity index (χ1) is 8.09. The third kappa shape index (κ3) is 2.49. The minimum Gasteiger partial charge on any atom is -0.338 e. The van der Waals surface area contributed by atoms with Crippen LogP contribution >= 0.6 is 0 Å². The predicted octanol–water partition coefficient (Wildman–Crippen LogP) is 0.234. The molecule has 17 heavy (non-hydrogen) atoms. The van der Waals surface area contributed by atoms with Gasteiger partial charge in [-0.05, 0) is 12.5 Å². The molecule has 1 amide bonds. The molecule has 0 bridgehead atoms. The minimum atomic E-state index is 0.111. The molecule has 1 saturated heterocycles. The van der Waals surface area contributed by atoms with E-state index in [1.54, 1.807) is 11.1 Å². The van der Waals surface area contributed by atoms with Crippen molar-refractivity contribution < 1.29 is 4.79 Å². The summed E-state index contributed by atoms with van der Waals surface area (Å²) >= 11 is 0. The number of aryl methyl sites for hydroxylation is 1. The fourth-order valence-corrected chi connectivity index (χ4v) is 2.26. The Morgan fingerprint density at radius 3 is 2.94 bits per heavy atom. The SMILES string of the molecule is CC1CNCC1C(=O)N(C)Cc1nccn1C. The first-order valence-electron chi connectivity index (χ1n) is 6.01. The van der Waals surface area contributed by atoms with Gasteiger partial charge in [-0.2, -0.15) is 0 Å². The van der Waals surface area contributed by atoms with E-state index in [0.29, 0.717) is 12.5 Å². The molecule has 0 radical (unpaired) electrons. The van der Waals surface area contributed by atoms with Crippen molar-refractivity contribution in [1.82, 2.24) is 19.8 Å². The fraction of sp³-hybridized carbons (Fsp3) is 0.667. The van der Waals surface area contributed by atoms with E-state index in [4.69, 9.17) is 0 Å². The Morgan fingerprint density at radius 1 is 1.65 bits per heavy atom. The van der Waals surface area contributed by atoms with Gasteiger partial charge in [-0.1, -0.05) is 6.92 Å². The number of hydrogen-bond donors (Lipinski definition) is 1. The topological polar surface area (TPSA) is 50.2 Å². The Hall–Kier alpha value is -1.36. The van der Waals surface area contributed by atoms with E-state index in [-0.39, 0.29) is 11.8 Å². The van der Waals surface area contributed by atoms with E-state index in [2.05, 4.69) is 17.2 Å². The summed E-state index contributed by atoms with van der Waals surface area (Å²) in [6.45, 7) is 4.43. The first kappa shape index (κ1) is 12.1. The molecule has 94 valence electrons. The van der Waals surface area contributed by atoms with Crippen molar-refractivity contribution in [2.24, 2.45) is 18.9 Å². The quantitative estimate of drug-likeness (QED) is 0.817. The van der Waals surface area contributed by atoms with E-state index >= 15 is 0 Å². The lowest BCUT2D eigenvalue weighted by Crippen LogP contribution is -2.36. The second-order valence-corrected chi connectivity index (χ2v) is 4.89. The number of nitrogens with zero attached hydrogens (tertiary/aromatic N) is 3. The smallest absolute Gasteiger partial charge is 0.227 e. The van der Waals surface area contributed by atoms with Crippen LogP contribution in [0.15, 0.2) is 12.4 Å². The summed E-state index contributed by atoms with van der Waals surface area (Å²) < 4.78 is 1.94. The van der Waals surface area contributed by atoms with Crippen molar-refractivity contribution in [3.63, 3.8) is 0 Å². The molecule has 2 heterocycles. The Morgan fingerprint density at radius 2 is 2.41 bits per heavy atom. The van der Waals surface area contributed by atoms with E-state index in [9.17, 15) is 4.79 Å². The largest absolute Gasteiger partial charge is 0.338 e. The second-order valence-electron chi connectivity index (χ2n) is 4.89. The highest BCUT2D eigenvalue weighted by Gasteiger charge is 2.31. The number of rotatable bonds is 3. The van der Waals surface area contributed by atoms with E-state index in [0.717, 1.165) is 18.9 Å². The molecule has 1 aliphatic heterocycles. The van der Waals surface area contributed by atoms with Crippen molar-refractivity contribution >= 4 is 5.91 Å². The molecule has 2 rings (SSSR count). The maximum absolute atomic E-state index is 12.2. The van der Waals surface area contributed by atoms with Crippen LogP contribution in [0.5, 0.6) is 0 Å². The monoisotopic (exact) mass is 236 g/mol. The first-order valence-corrected chi connectivity index (χ1v) is 6.01. The maximum atomic E-state index is 12.2. The van der Waals surface area contributed by atoms with Gasteiger partial charge in [-0.25, -0.2) is 4.98 Å². The van der Waals surface area contributed by atoms with E-state index in [1.165, 1.54) is 0 Å². The van der Waals surface area contributed by atoms with Crippen molar-refractivity contribution in [2.75, 3.05) is 20.1 Å². The molecular formula is C12H20N4O. The normalized spacial score (nSPS) is 23.9. The Kier molecular flexibility index (Phi) is 3.47. The highest BCUT2D eigenvalue weighted by Crippen LogP contribution is 2.18. The van der Waals surface area contributed by atoms with Crippen LogP contribution in [0.3, 0.4) is 0 Å². The molecule has 2 unspecified atom stereocenters. The fourth-order valence-electron chi connectivity index (χ4n) is 2.26. The van der Waals surface area contributed by atoms with Crippen LogP contribution in [0.25, 0.3) is 0 Å². The number of hydrogen-bond acceptors (Lipinski definition) is 3. The Labute approximate surface area is 102 Å². The number of carbonyl (C=O) groups is 1. The van der Waals surface area contributed by atoms with Crippen molar-refractivity contribution in [3.05, 3.63) is 18.2 Å². The molecule has 0 aromatic carbocycles. The van der Waals surface area contributed by atoms with Crippen molar-refractivity contribution in [2.45, 2.75) is 13.5 Å². The zero-order valence-corrected chi connectivity index (χ0v) is 10.7. The second kappa shape index (κ2) is 4.87. The van der Waals surface area contributed by atoms with Gasteiger partial charge in [-0.3, -0.25) is 4.79 Å². The Bertz CT molecular complexity index is 401. The summed E-state index contributed by atoms with van der Waals surface area (Å²) in [7, 11) is 3.79. The van der Waals surface area contributed by atoms with Gasteiger partial charge >= 0.3 is 0 Å². The maximum Gasteiger partial charge on any atom is 0.227 e. The van der Waals surface area contributed by atoms with Gasteiger partial charge in [-0.15, -0.1) is 0 Å². The van der Waals surface area contributed by atoms with Crippen LogP contribution in [0.2, 0.25) is 0 Å². The number of nitrogens with one attached hydrogen (secondary N) is 1. The van der Waals surface area contributed by atoms with Crippen LogP contribution in [0, 0.1) is 11.8 Å². The molecule has 0 spiro atoms. The molecule has 0 saturated carbocycles. The number of carbonyl (C=O) groups excluding carboxylic acids is 1. The third-order valence-electron chi connectivity index (χ3n) is 3.51. The van der Waals surface area contributed by atoms with Crippen LogP contribution in [0.4, 0.5) is 0 Å². The molecule has 1 fully saturated rings.